The molecule has 5 rings (SSSR count). The molecule has 252 valence electrons. The van der Waals surface area contributed by atoms with E-state index in [1.165, 1.54) is 12.7 Å². The number of nitrogens with zero attached hydrogens (tertiary/aromatic N) is 1. The van der Waals surface area contributed by atoms with Gasteiger partial charge in [0.15, 0.2) is 0 Å². The van der Waals surface area contributed by atoms with Crippen molar-refractivity contribution < 1.29 is 19.4 Å². The van der Waals surface area contributed by atoms with E-state index >= 15 is 0 Å². The summed E-state index contributed by atoms with van der Waals surface area (Å²) in [5.74, 6) is -0.324. The van der Waals surface area contributed by atoms with E-state index in [0.29, 0.717) is 49.6 Å². The number of rotatable bonds is 12. The van der Waals surface area contributed by atoms with Crippen LogP contribution in [0.25, 0.3) is 22.3 Å². The summed E-state index contributed by atoms with van der Waals surface area (Å²) in [7, 11) is 3.24. The summed E-state index contributed by atoms with van der Waals surface area (Å²) in [6.07, 6.45) is 2.71. The van der Waals surface area contributed by atoms with Gasteiger partial charge in [-0.25, -0.2) is 4.79 Å². The van der Waals surface area contributed by atoms with Gasteiger partial charge in [-0.15, -0.1) is 0 Å². The molecule has 1 saturated heterocycles. The Labute approximate surface area is 289 Å². The maximum Gasteiger partial charge on any atom is 0.406 e. The number of carbonyl (C=O) groups excluding carboxylic acids is 2. The number of aryl methyl sites for hydroxylation is 1. The Kier molecular flexibility index (Phi) is 11.9. The molecule has 0 radical (unpaired) electrons. The van der Waals surface area contributed by atoms with Crippen molar-refractivity contribution in [2.75, 3.05) is 33.8 Å². The molecule has 2 unspecified atom stereocenters. The van der Waals surface area contributed by atoms with Crippen molar-refractivity contribution in [3.63, 3.8) is 0 Å². The first-order chi connectivity index (χ1) is 23.3. The van der Waals surface area contributed by atoms with Gasteiger partial charge < -0.3 is 25.4 Å². The molecule has 4 aromatic rings. The van der Waals surface area contributed by atoms with Crippen LogP contribution in [0.15, 0.2) is 91.0 Å². The molecule has 3 N–H and O–H groups in total. The molecule has 1 heterocycles. The van der Waals surface area contributed by atoms with Crippen LogP contribution in [0.2, 0.25) is 5.02 Å². The molecule has 7 nitrogen and oxygen atoms in total. The molecule has 48 heavy (non-hydrogen) atoms. The smallest absolute Gasteiger partial charge is 0.406 e. The van der Waals surface area contributed by atoms with Crippen LogP contribution >= 0.6 is 11.6 Å². The van der Waals surface area contributed by atoms with Gasteiger partial charge in [-0.2, -0.15) is 0 Å². The molecule has 1 aliphatic heterocycles. The zero-order valence-electron chi connectivity index (χ0n) is 28.1. The lowest BCUT2D eigenvalue weighted by Crippen LogP contribution is -2.48. The number of nitrogens with one attached hydrogen (secondary N) is 2. The fraction of sp³-hybridized carbons (Fsp3) is 0.350. The Hall–Kier alpha value is -4.17. The van der Waals surface area contributed by atoms with Crippen molar-refractivity contribution in [2.45, 2.75) is 51.2 Å². The number of piperidine rings is 1. The summed E-state index contributed by atoms with van der Waals surface area (Å²) in [5, 5.41) is 19.5. The molecule has 0 aromatic heterocycles. The highest BCUT2D eigenvalue weighted by atomic mass is 35.5. The third kappa shape index (κ3) is 7.92. The summed E-state index contributed by atoms with van der Waals surface area (Å²) in [6, 6.07) is 30.0. The largest absolute Gasteiger partial charge is 0.453 e. The predicted octanol–water partition coefficient (Wildman–Crippen LogP) is 7.83. The summed E-state index contributed by atoms with van der Waals surface area (Å²) < 4.78 is 4.77. The number of likely N-dealkylation sites (tertiary alicyclic amines) is 1. The molecule has 1 aliphatic rings. The summed E-state index contributed by atoms with van der Waals surface area (Å²) in [5.41, 5.74) is 5.94. The average Bonchev–Trinajstić information content (AvgIpc) is 3.13. The Morgan fingerprint density at radius 1 is 0.979 bits per heavy atom. The molecule has 2 atom stereocenters. The zero-order chi connectivity index (χ0) is 34.1. The van der Waals surface area contributed by atoms with E-state index in [2.05, 4.69) is 35.8 Å². The average molecular weight is 668 g/mol. The molecular weight excluding hydrogens is 622 g/mol. The normalized spacial score (nSPS) is 15.9. The van der Waals surface area contributed by atoms with E-state index in [9.17, 15) is 14.7 Å². The van der Waals surface area contributed by atoms with Crippen LogP contribution in [0.1, 0.15) is 59.7 Å². The number of alkyl carbamates (subject to hydrolysis) is 1. The van der Waals surface area contributed by atoms with Gasteiger partial charge in [-0.1, -0.05) is 91.3 Å². The van der Waals surface area contributed by atoms with Crippen molar-refractivity contribution in [3.8, 4) is 22.3 Å². The first-order valence-corrected chi connectivity index (χ1v) is 17.2. The van der Waals surface area contributed by atoms with Gasteiger partial charge in [0.25, 0.3) is 5.91 Å². The lowest BCUT2D eigenvalue weighted by Gasteiger charge is -2.44. The van der Waals surface area contributed by atoms with E-state index < -0.39 is 11.7 Å². The molecule has 2 amide bonds. The standard InChI is InChI=1S/C40H46ClN3O4/c1-4-28-12-8-15-31(24-28)37-35(17-9-18-36(37)41)40(47,21-11-22-43-39(46)48-3)32-16-10-23-44(27-32)38(45)33-20-19-29(26-42-2)25-34(33)30-13-6-5-7-14-30/h5-9,12-15,17-20,24-25,32,42,47H,4,10-11,16,21-23,26-27H2,1-3H3,(H,43,46). The van der Waals surface area contributed by atoms with E-state index in [1.807, 2.05) is 84.7 Å². The minimum Gasteiger partial charge on any atom is -0.453 e. The second kappa shape index (κ2) is 16.3. The second-order valence-electron chi connectivity index (χ2n) is 12.5. The van der Waals surface area contributed by atoms with Crippen LogP contribution < -0.4 is 10.6 Å². The van der Waals surface area contributed by atoms with Crippen LogP contribution in [0.4, 0.5) is 4.79 Å². The Balaban J connectivity index is 1.52. The van der Waals surface area contributed by atoms with Crippen LogP contribution in [-0.4, -0.2) is 55.8 Å². The Morgan fingerprint density at radius 2 is 1.75 bits per heavy atom. The number of amides is 2. The molecule has 0 spiro atoms. The number of aliphatic hydroxyl groups is 1. The highest BCUT2D eigenvalue weighted by Crippen LogP contribution is 2.46. The first-order valence-electron chi connectivity index (χ1n) is 16.8. The molecule has 1 fully saturated rings. The Morgan fingerprint density at radius 3 is 2.50 bits per heavy atom. The van der Waals surface area contributed by atoms with Crippen molar-refractivity contribution in [2.24, 2.45) is 5.92 Å². The predicted molar refractivity (Wildman–Crippen MR) is 193 cm³/mol. The van der Waals surface area contributed by atoms with Crippen LogP contribution in [-0.2, 0) is 23.3 Å². The molecule has 0 saturated carbocycles. The van der Waals surface area contributed by atoms with Gasteiger partial charge in [-0.3, -0.25) is 4.79 Å². The lowest BCUT2D eigenvalue weighted by atomic mass is 9.72. The molecular formula is C40H46ClN3O4. The first kappa shape index (κ1) is 35.1. The molecule has 0 bridgehead atoms. The second-order valence-corrected chi connectivity index (χ2v) is 12.9. The summed E-state index contributed by atoms with van der Waals surface area (Å²) in [6.45, 7) is 4.13. The van der Waals surface area contributed by atoms with Gasteiger partial charge in [0, 0.05) is 48.2 Å². The van der Waals surface area contributed by atoms with Gasteiger partial charge in [0.1, 0.15) is 0 Å². The van der Waals surface area contributed by atoms with E-state index in [0.717, 1.165) is 52.6 Å². The lowest BCUT2D eigenvalue weighted by molar-refractivity contribution is -0.0563. The Bertz CT molecular complexity index is 1710. The van der Waals surface area contributed by atoms with E-state index in [4.69, 9.17) is 16.3 Å². The van der Waals surface area contributed by atoms with Gasteiger partial charge in [-0.05, 0) is 90.7 Å². The van der Waals surface area contributed by atoms with Gasteiger partial charge >= 0.3 is 6.09 Å². The van der Waals surface area contributed by atoms with Crippen LogP contribution in [0.3, 0.4) is 0 Å². The van der Waals surface area contributed by atoms with Gasteiger partial charge in [0.2, 0.25) is 0 Å². The number of halogens is 1. The zero-order valence-corrected chi connectivity index (χ0v) is 28.9. The van der Waals surface area contributed by atoms with E-state index in [-0.39, 0.29) is 11.8 Å². The molecule has 8 heteroatoms. The maximum atomic E-state index is 14.4. The maximum absolute atomic E-state index is 14.4. The number of methoxy groups -OCH3 is 1. The third-order valence-corrected chi connectivity index (χ3v) is 9.77. The number of hydrogen-bond acceptors (Lipinski definition) is 5. The summed E-state index contributed by atoms with van der Waals surface area (Å²) in [4.78, 5) is 28.1. The minimum absolute atomic E-state index is 0.0498. The quantitative estimate of drug-likeness (QED) is 0.134. The molecule has 0 aliphatic carbocycles. The van der Waals surface area contributed by atoms with E-state index in [1.54, 1.807) is 0 Å². The SMILES string of the molecule is CCc1cccc(-c2c(Cl)cccc2C(O)(CCCNC(=O)OC)C2CCCN(C(=O)c3ccc(CNC)cc3-c3ccccc3)C2)c1. The van der Waals surface area contributed by atoms with Crippen LogP contribution in [0, 0.1) is 5.92 Å². The van der Waals surface area contributed by atoms with Crippen LogP contribution in [0.5, 0.6) is 0 Å². The van der Waals surface area contributed by atoms with Crippen molar-refractivity contribution in [1.82, 2.24) is 15.5 Å². The molecule has 4 aromatic carbocycles. The summed E-state index contributed by atoms with van der Waals surface area (Å²) >= 11 is 6.94. The minimum atomic E-state index is -1.34. The number of ether oxygens (including phenoxy) is 1. The number of benzene rings is 4. The van der Waals surface area contributed by atoms with Crippen molar-refractivity contribution >= 4 is 23.6 Å². The van der Waals surface area contributed by atoms with Crippen molar-refractivity contribution in [1.29, 1.82) is 0 Å². The monoisotopic (exact) mass is 667 g/mol. The fourth-order valence-electron chi connectivity index (χ4n) is 6.97. The topological polar surface area (TPSA) is 90.9 Å². The number of hydrogen-bond donors (Lipinski definition) is 3. The highest BCUT2D eigenvalue weighted by molar-refractivity contribution is 6.33. The fourth-order valence-corrected chi connectivity index (χ4v) is 7.26. The third-order valence-electron chi connectivity index (χ3n) is 9.46. The number of carbonyl (C=O) groups is 2. The van der Waals surface area contributed by atoms with Crippen molar-refractivity contribution in [3.05, 3.63) is 118 Å². The van der Waals surface area contributed by atoms with Gasteiger partial charge in [0.05, 0.1) is 12.7 Å². The highest BCUT2D eigenvalue weighted by Gasteiger charge is 2.43.